The average molecular weight is 488 g/mol. The number of methoxy groups -OCH3 is 1. The second kappa shape index (κ2) is 10.4. The van der Waals surface area contributed by atoms with Crippen LogP contribution in [0.1, 0.15) is 22.3 Å². The summed E-state index contributed by atoms with van der Waals surface area (Å²) in [6.07, 6.45) is 1.48. The first-order valence-electron chi connectivity index (χ1n) is 10.7. The molecule has 0 aliphatic rings. The van der Waals surface area contributed by atoms with Crippen molar-refractivity contribution in [2.45, 2.75) is 20.5 Å². The molecule has 0 aliphatic heterocycles. The lowest BCUT2D eigenvalue weighted by Gasteiger charge is -2.11. The number of rotatable bonds is 7. The molecule has 1 heterocycles. The van der Waals surface area contributed by atoms with Crippen LogP contribution in [0.25, 0.3) is 16.3 Å². The number of halogens is 1. The van der Waals surface area contributed by atoms with Gasteiger partial charge in [0.2, 0.25) is 0 Å². The summed E-state index contributed by atoms with van der Waals surface area (Å²) in [4.78, 5) is 17.2. The quantitative estimate of drug-likeness (QED) is 0.248. The van der Waals surface area contributed by atoms with Crippen molar-refractivity contribution in [1.29, 1.82) is 5.26 Å². The Morgan fingerprint density at radius 3 is 2.57 bits per heavy atom. The minimum atomic E-state index is -0.546. The Morgan fingerprint density at radius 1 is 1.11 bits per heavy atom. The predicted molar refractivity (Wildman–Crippen MR) is 135 cm³/mol. The largest absolute Gasteiger partial charge is 0.493 e. The van der Waals surface area contributed by atoms with E-state index < -0.39 is 5.91 Å². The third-order valence-electron chi connectivity index (χ3n) is 5.40. The highest BCUT2D eigenvalue weighted by molar-refractivity contribution is 7.22. The maximum atomic E-state index is 13.1. The summed E-state index contributed by atoms with van der Waals surface area (Å²) in [5, 5.41) is 12.7. The van der Waals surface area contributed by atoms with Gasteiger partial charge in [-0.1, -0.05) is 29.5 Å². The van der Waals surface area contributed by atoms with Crippen LogP contribution >= 0.6 is 11.3 Å². The summed E-state index contributed by atoms with van der Waals surface area (Å²) >= 11 is 1.36. The normalized spacial score (nSPS) is 11.2. The first-order valence-corrected chi connectivity index (χ1v) is 11.5. The fourth-order valence-electron chi connectivity index (χ4n) is 3.35. The van der Waals surface area contributed by atoms with Gasteiger partial charge in [0.15, 0.2) is 16.6 Å². The lowest BCUT2D eigenvalue weighted by Crippen LogP contribution is -2.13. The van der Waals surface area contributed by atoms with Crippen LogP contribution in [0, 0.1) is 31.0 Å². The van der Waals surface area contributed by atoms with Crippen molar-refractivity contribution in [3.05, 3.63) is 88.2 Å². The molecule has 4 rings (SSSR count). The highest BCUT2D eigenvalue weighted by Crippen LogP contribution is 2.31. The van der Waals surface area contributed by atoms with Gasteiger partial charge in [-0.05, 0) is 78.6 Å². The molecular formula is C27H22FN3O3S. The number of nitrogens with zero attached hydrogens (tertiary/aromatic N) is 2. The van der Waals surface area contributed by atoms with Gasteiger partial charge in [-0.15, -0.1) is 0 Å². The van der Waals surface area contributed by atoms with Gasteiger partial charge in [-0.2, -0.15) is 5.26 Å². The molecule has 35 heavy (non-hydrogen) atoms. The summed E-state index contributed by atoms with van der Waals surface area (Å²) in [6, 6.07) is 17.1. The van der Waals surface area contributed by atoms with Crippen LogP contribution in [0.3, 0.4) is 0 Å². The molecule has 0 saturated heterocycles. The number of nitriles is 1. The standard InChI is InChI=1S/C27H22FN3O3S/c1-16-10-22-25(11-17(16)2)35-27(30-22)31-26(32)20(14-29)12-19-6-9-23(24(13-19)33-3)34-15-18-4-7-21(28)8-5-18/h4-13H,15H2,1-3H3,(H,30,31,32). The van der Waals surface area contributed by atoms with E-state index in [0.29, 0.717) is 22.2 Å². The van der Waals surface area contributed by atoms with Crippen molar-refractivity contribution in [2.24, 2.45) is 0 Å². The molecule has 1 amide bonds. The molecule has 3 aromatic carbocycles. The highest BCUT2D eigenvalue weighted by atomic mass is 32.1. The Morgan fingerprint density at radius 2 is 1.86 bits per heavy atom. The number of carbonyl (C=O) groups excluding carboxylic acids is 1. The molecule has 1 N–H and O–H groups in total. The Hall–Kier alpha value is -4.22. The summed E-state index contributed by atoms with van der Waals surface area (Å²) in [6.45, 7) is 4.27. The van der Waals surface area contributed by atoms with E-state index in [1.165, 1.54) is 36.7 Å². The van der Waals surface area contributed by atoms with E-state index in [2.05, 4.69) is 10.3 Å². The Balaban J connectivity index is 1.50. The lowest BCUT2D eigenvalue weighted by atomic mass is 10.1. The van der Waals surface area contributed by atoms with Gasteiger partial charge < -0.3 is 9.47 Å². The van der Waals surface area contributed by atoms with Crippen LogP contribution in [0.2, 0.25) is 0 Å². The lowest BCUT2D eigenvalue weighted by molar-refractivity contribution is -0.112. The second-order valence-corrected chi connectivity index (χ2v) is 8.90. The zero-order chi connectivity index (χ0) is 24.9. The molecule has 1 aromatic heterocycles. The summed E-state index contributed by atoms with van der Waals surface area (Å²) in [5.41, 5.74) is 4.41. The number of ether oxygens (including phenoxy) is 2. The number of amides is 1. The van der Waals surface area contributed by atoms with E-state index in [4.69, 9.17) is 9.47 Å². The number of aromatic nitrogens is 1. The van der Waals surface area contributed by atoms with Crippen molar-refractivity contribution < 1.29 is 18.7 Å². The first-order chi connectivity index (χ1) is 16.9. The third kappa shape index (κ3) is 5.65. The van der Waals surface area contributed by atoms with Gasteiger partial charge in [0.25, 0.3) is 5.91 Å². The van der Waals surface area contributed by atoms with Crippen LogP contribution in [0.5, 0.6) is 11.5 Å². The number of fused-ring (bicyclic) bond motifs is 1. The number of hydrogen-bond donors (Lipinski definition) is 1. The van der Waals surface area contributed by atoms with Crippen LogP contribution in [0.15, 0.2) is 60.2 Å². The van der Waals surface area contributed by atoms with E-state index in [1.54, 1.807) is 30.3 Å². The molecule has 8 heteroatoms. The van der Waals surface area contributed by atoms with Crippen LogP contribution < -0.4 is 14.8 Å². The van der Waals surface area contributed by atoms with Crippen molar-refractivity contribution in [3.8, 4) is 17.6 Å². The molecule has 0 fully saturated rings. The summed E-state index contributed by atoms with van der Waals surface area (Å²) in [5.74, 6) is 0.0659. The number of nitrogens with one attached hydrogen (secondary N) is 1. The van der Waals surface area contributed by atoms with Crippen LogP contribution in [-0.4, -0.2) is 18.0 Å². The Labute approximate surface area is 206 Å². The summed E-state index contributed by atoms with van der Waals surface area (Å²) < 4.78 is 25.3. The number of hydrogen-bond acceptors (Lipinski definition) is 6. The number of benzene rings is 3. The van der Waals surface area contributed by atoms with Crippen LogP contribution in [-0.2, 0) is 11.4 Å². The SMILES string of the molecule is COc1cc(C=C(C#N)C(=O)Nc2nc3cc(C)c(C)cc3s2)ccc1OCc1ccc(F)cc1. The minimum absolute atomic E-state index is 0.0707. The number of carbonyl (C=O) groups is 1. The molecule has 4 aromatic rings. The molecule has 0 saturated carbocycles. The molecule has 0 radical (unpaired) electrons. The topological polar surface area (TPSA) is 84.2 Å². The maximum absolute atomic E-state index is 13.1. The van der Waals surface area contributed by atoms with Crippen LogP contribution in [0.4, 0.5) is 9.52 Å². The van der Waals surface area contributed by atoms with E-state index in [0.717, 1.165) is 26.9 Å². The zero-order valence-electron chi connectivity index (χ0n) is 19.4. The monoisotopic (exact) mass is 487 g/mol. The second-order valence-electron chi connectivity index (χ2n) is 7.87. The van der Waals surface area contributed by atoms with Crippen molar-refractivity contribution in [1.82, 2.24) is 4.98 Å². The van der Waals surface area contributed by atoms with Gasteiger partial charge in [-0.3, -0.25) is 10.1 Å². The molecule has 0 bridgehead atoms. The Bertz CT molecular complexity index is 1430. The average Bonchev–Trinajstić information content (AvgIpc) is 3.23. The summed E-state index contributed by atoms with van der Waals surface area (Å²) in [7, 11) is 1.50. The van der Waals surface area contributed by atoms with E-state index >= 15 is 0 Å². The molecule has 0 unspecified atom stereocenters. The smallest absolute Gasteiger partial charge is 0.268 e. The van der Waals surface area contributed by atoms with E-state index in [9.17, 15) is 14.4 Å². The van der Waals surface area contributed by atoms with Gasteiger partial charge in [-0.25, -0.2) is 9.37 Å². The van der Waals surface area contributed by atoms with Gasteiger partial charge >= 0.3 is 0 Å². The molecule has 6 nitrogen and oxygen atoms in total. The van der Waals surface area contributed by atoms with Crippen molar-refractivity contribution >= 4 is 38.7 Å². The predicted octanol–water partition coefficient (Wildman–Crippen LogP) is 6.19. The zero-order valence-corrected chi connectivity index (χ0v) is 20.2. The number of anilines is 1. The molecule has 176 valence electrons. The number of aryl methyl sites for hydroxylation is 2. The highest BCUT2D eigenvalue weighted by Gasteiger charge is 2.14. The van der Waals surface area contributed by atoms with Crippen molar-refractivity contribution in [3.63, 3.8) is 0 Å². The van der Waals surface area contributed by atoms with E-state index in [-0.39, 0.29) is 18.0 Å². The van der Waals surface area contributed by atoms with Gasteiger partial charge in [0.05, 0.1) is 17.3 Å². The molecule has 0 aliphatic carbocycles. The molecular weight excluding hydrogens is 465 g/mol. The fourth-order valence-corrected chi connectivity index (χ4v) is 4.29. The maximum Gasteiger partial charge on any atom is 0.268 e. The Kier molecular flexibility index (Phi) is 7.09. The fraction of sp³-hybridized carbons (Fsp3) is 0.148. The van der Waals surface area contributed by atoms with Gasteiger partial charge in [0, 0.05) is 0 Å². The number of thiazole rings is 1. The first kappa shape index (κ1) is 23.9. The molecule has 0 spiro atoms. The van der Waals surface area contributed by atoms with Gasteiger partial charge in [0.1, 0.15) is 24.1 Å². The van der Waals surface area contributed by atoms with Crippen molar-refractivity contribution in [2.75, 3.05) is 12.4 Å². The minimum Gasteiger partial charge on any atom is -0.493 e. The third-order valence-corrected chi connectivity index (χ3v) is 6.33. The van der Waals surface area contributed by atoms with E-state index in [1.807, 2.05) is 32.0 Å². The molecule has 0 atom stereocenters.